The summed E-state index contributed by atoms with van der Waals surface area (Å²) in [6, 6.07) is 10.4. The summed E-state index contributed by atoms with van der Waals surface area (Å²) in [7, 11) is 0. The molecule has 0 bridgehead atoms. The predicted molar refractivity (Wildman–Crippen MR) is 85.1 cm³/mol. The van der Waals surface area contributed by atoms with Gasteiger partial charge in [-0.25, -0.2) is 9.97 Å². The molecular formula is C16H17N5O. The minimum atomic E-state index is 0.706. The van der Waals surface area contributed by atoms with Crippen LogP contribution in [0.5, 0.6) is 0 Å². The minimum Gasteiger partial charge on any atom is -0.423 e. The van der Waals surface area contributed by atoms with E-state index in [9.17, 15) is 0 Å². The number of para-hydroxylation sites is 2. The molecule has 1 saturated heterocycles. The first-order valence-electron chi connectivity index (χ1n) is 7.53. The highest BCUT2D eigenvalue weighted by Crippen LogP contribution is 2.23. The number of benzene rings is 1. The van der Waals surface area contributed by atoms with Crippen molar-refractivity contribution in [3.8, 4) is 0 Å². The van der Waals surface area contributed by atoms with Crippen molar-refractivity contribution >= 4 is 23.1 Å². The third-order valence-corrected chi connectivity index (χ3v) is 3.88. The molecule has 0 N–H and O–H groups in total. The first-order chi connectivity index (χ1) is 10.9. The van der Waals surface area contributed by atoms with Crippen molar-refractivity contribution in [1.82, 2.24) is 15.0 Å². The van der Waals surface area contributed by atoms with Gasteiger partial charge in [-0.3, -0.25) is 0 Å². The molecule has 1 aromatic carbocycles. The van der Waals surface area contributed by atoms with Crippen molar-refractivity contribution < 1.29 is 4.42 Å². The van der Waals surface area contributed by atoms with Crippen LogP contribution in [-0.4, -0.2) is 41.1 Å². The number of hydrogen-bond donors (Lipinski definition) is 0. The van der Waals surface area contributed by atoms with Gasteiger partial charge in [0, 0.05) is 38.6 Å². The first-order valence-corrected chi connectivity index (χ1v) is 7.53. The van der Waals surface area contributed by atoms with Crippen molar-refractivity contribution in [1.29, 1.82) is 0 Å². The molecule has 22 heavy (non-hydrogen) atoms. The Balaban J connectivity index is 1.53. The molecule has 0 aliphatic carbocycles. The molecular weight excluding hydrogens is 278 g/mol. The maximum absolute atomic E-state index is 5.87. The van der Waals surface area contributed by atoms with Gasteiger partial charge in [0.1, 0.15) is 5.52 Å². The van der Waals surface area contributed by atoms with E-state index in [2.05, 4.69) is 24.8 Å². The third kappa shape index (κ3) is 2.47. The second-order valence-corrected chi connectivity index (χ2v) is 5.34. The molecule has 0 amide bonds. The quantitative estimate of drug-likeness (QED) is 0.723. The SMILES string of the molecule is c1cnc(N2CCCN(c3nc4ccccc4o3)CC2)nc1. The highest BCUT2D eigenvalue weighted by atomic mass is 16.4. The van der Waals surface area contributed by atoms with Gasteiger partial charge in [0.15, 0.2) is 5.58 Å². The minimum absolute atomic E-state index is 0.706. The highest BCUT2D eigenvalue weighted by Gasteiger charge is 2.20. The lowest BCUT2D eigenvalue weighted by Crippen LogP contribution is -2.31. The second kappa shape index (κ2) is 5.63. The van der Waals surface area contributed by atoms with Crippen LogP contribution >= 0.6 is 0 Å². The van der Waals surface area contributed by atoms with E-state index in [0.717, 1.165) is 49.6 Å². The second-order valence-electron chi connectivity index (χ2n) is 5.34. The average molecular weight is 295 g/mol. The Kier molecular flexibility index (Phi) is 3.34. The fraction of sp³-hybridized carbons (Fsp3) is 0.312. The molecule has 1 aliphatic rings. The largest absolute Gasteiger partial charge is 0.423 e. The van der Waals surface area contributed by atoms with Gasteiger partial charge in [-0.05, 0) is 24.6 Å². The van der Waals surface area contributed by atoms with Crippen molar-refractivity contribution in [3.63, 3.8) is 0 Å². The number of rotatable bonds is 2. The van der Waals surface area contributed by atoms with E-state index in [4.69, 9.17) is 4.42 Å². The molecule has 4 rings (SSSR count). The monoisotopic (exact) mass is 295 g/mol. The van der Waals surface area contributed by atoms with Gasteiger partial charge in [0.05, 0.1) is 0 Å². The topological polar surface area (TPSA) is 58.3 Å². The fourth-order valence-electron chi connectivity index (χ4n) is 2.76. The Morgan fingerprint density at radius 2 is 1.64 bits per heavy atom. The van der Waals surface area contributed by atoms with E-state index >= 15 is 0 Å². The summed E-state index contributed by atoms with van der Waals surface area (Å²) < 4.78 is 5.87. The summed E-state index contributed by atoms with van der Waals surface area (Å²) in [6.45, 7) is 3.59. The molecule has 1 aliphatic heterocycles. The molecule has 0 spiro atoms. The molecule has 0 saturated carbocycles. The first kappa shape index (κ1) is 13.1. The molecule has 0 radical (unpaired) electrons. The summed E-state index contributed by atoms with van der Waals surface area (Å²) in [6.07, 6.45) is 4.59. The Morgan fingerprint density at radius 1 is 0.864 bits per heavy atom. The zero-order valence-corrected chi connectivity index (χ0v) is 12.2. The Labute approximate surface area is 128 Å². The summed E-state index contributed by atoms with van der Waals surface area (Å²) in [5, 5.41) is 0. The van der Waals surface area contributed by atoms with Crippen LogP contribution in [0.3, 0.4) is 0 Å². The standard InChI is InChI=1S/C16H17N5O/c1-2-6-14-13(5-1)19-16(22-14)21-10-4-9-20(11-12-21)15-17-7-3-8-18-15/h1-3,5-8H,4,9-12H2. The van der Waals surface area contributed by atoms with E-state index in [1.54, 1.807) is 12.4 Å². The number of hydrogen-bond acceptors (Lipinski definition) is 6. The van der Waals surface area contributed by atoms with Crippen LogP contribution in [0, 0.1) is 0 Å². The Hall–Kier alpha value is -2.63. The summed E-state index contributed by atoms with van der Waals surface area (Å²) in [5.41, 5.74) is 1.75. The normalized spacial score (nSPS) is 16.0. The summed E-state index contributed by atoms with van der Waals surface area (Å²) in [5.74, 6) is 0.793. The maximum atomic E-state index is 5.87. The third-order valence-electron chi connectivity index (χ3n) is 3.88. The van der Waals surface area contributed by atoms with Crippen molar-refractivity contribution in [3.05, 3.63) is 42.7 Å². The van der Waals surface area contributed by atoms with Crippen LogP contribution in [-0.2, 0) is 0 Å². The van der Waals surface area contributed by atoms with Crippen molar-refractivity contribution in [2.45, 2.75) is 6.42 Å². The maximum Gasteiger partial charge on any atom is 0.298 e. The molecule has 112 valence electrons. The van der Waals surface area contributed by atoms with Crippen LogP contribution < -0.4 is 9.80 Å². The number of oxazole rings is 1. The lowest BCUT2D eigenvalue weighted by atomic mass is 10.3. The van der Waals surface area contributed by atoms with Crippen molar-refractivity contribution in [2.75, 3.05) is 36.0 Å². The zero-order chi connectivity index (χ0) is 14.8. The summed E-state index contributed by atoms with van der Waals surface area (Å²) in [4.78, 5) is 17.7. The Morgan fingerprint density at radius 3 is 2.50 bits per heavy atom. The van der Waals surface area contributed by atoms with Gasteiger partial charge in [-0.1, -0.05) is 12.1 Å². The number of fused-ring (bicyclic) bond motifs is 1. The van der Waals surface area contributed by atoms with E-state index in [1.807, 2.05) is 30.3 Å². The van der Waals surface area contributed by atoms with E-state index < -0.39 is 0 Å². The molecule has 6 nitrogen and oxygen atoms in total. The fourth-order valence-corrected chi connectivity index (χ4v) is 2.76. The van der Waals surface area contributed by atoms with Crippen molar-refractivity contribution in [2.24, 2.45) is 0 Å². The lowest BCUT2D eigenvalue weighted by Gasteiger charge is -2.20. The average Bonchev–Trinajstić information content (AvgIpc) is 2.85. The van der Waals surface area contributed by atoms with Crippen LogP contribution in [0.1, 0.15) is 6.42 Å². The van der Waals surface area contributed by atoms with Crippen LogP contribution in [0.2, 0.25) is 0 Å². The Bertz CT molecular complexity index is 724. The van der Waals surface area contributed by atoms with Gasteiger partial charge < -0.3 is 14.2 Å². The molecule has 3 heterocycles. The van der Waals surface area contributed by atoms with E-state index in [1.165, 1.54) is 0 Å². The van der Waals surface area contributed by atoms with Gasteiger partial charge in [-0.2, -0.15) is 4.98 Å². The van der Waals surface area contributed by atoms with E-state index in [-0.39, 0.29) is 0 Å². The van der Waals surface area contributed by atoms with Gasteiger partial charge in [0.2, 0.25) is 5.95 Å². The molecule has 0 unspecified atom stereocenters. The summed E-state index contributed by atoms with van der Waals surface area (Å²) >= 11 is 0. The van der Waals surface area contributed by atoms with E-state index in [0.29, 0.717) is 6.01 Å². The van der Waals surface area contributed by atoms with Gasteiger partial charge in [-0.15, -0.1) is 0 Å². The van der Waals surface area contributed by atoms with Gasteiger partial charge in [0.25, 0.3) is 6.01 Å². The van der Waals surface area contributed by atoms with Crippen LogP contribution in [0.25, 0.3) is 11.1 Å². The molecule has 3 aromatic rings. The zero-order valence-electron chi connectivity index (χ0n) is 12.2. The molecule has 6 heteroatoms. The number of anilines is 2. The molecule has 2 aromatic heterocycles. The van der Waals surface area contributed by atoms with Crippen LogP contribution in [0.15, 0.2) is 47.1 Å². The number of aromatic nitrogens is 3. The van der Waals surface area contributed by atoms with Crippen LogP contribution in [0.4, 0.5) is 12.0 Å². The van der Waals surface area contributed by atoms with Gasteiger partial charge >= 0.3 is 0 Å². The highest BCUT2D eigenvalue weighted by molar-refractivity contribution is 5.74. The molecule has 0 atom stereocenters. The predicted octanol–water partition coefficient (Wildman–Crippen LogP) is 2.33. The number of nitrogens with zero attached hydrogens (tertiary/aromatic N) is 5. The lowest BCUT2D eigenvalue weighted by molar-refractivity contribution is 0.571. The smallest absolute Gasteiger partial charge is 0.298 e. The molecule has 1 fully saturated rings.